The molecule has 0 bridgehead atoms. The van der Waals surface area contributed by atoms with Gasteiger partial charge >= 0.3 is 0 Å². The van der Waals surface area contributed by atoms with Gasteiger partial charge in [0.15, 0.2) is 0 Å². The highest BCUT2D eigenvalue weighted by Crippen LogP contribution is 2.23. The second-order valence-electron chi connectivity index (χ2n) is 2.40. The fourth-order valence-electron chi connectivity index (χ4n) is 0.926. The van der Waals surface area contributed by atoms with Crippen LogP contribution in [-0.2, 0) is 0 Å². The molecule has 0 saturated carbocycles. The Balaban J connectivity index is 3.27. The van der Waals surface area contributed by atoms with Crippen LogP contribution in [-0.4, -0.2) is 6.21 Å². The van der Waals surface area contributed by atoms with Crippen molar-refractivity contribution >= 4 is 29.4 Å². The molecule has 0 unspecified atom stereocenters. The molecule has 0 aliphatic heterocycles. The smallest absolute Gasteiger partial charge is 0.0553 e. The summed E-state index contributed by atoms with van der Waals surface area (Å²) >= 11 is 11.7. The zero-order chi connectivity index (χ0) is 9.14. The van der Waals surface area contributed by atoms with Crippen LogP contribution in [0.4, 0.5) is 0 Å². The molecule has 0 atom stereocenters. The normalized spacial score (nSPS) is 10.9. The van der Waals surface area contributed by atoms with Crippen LogP contribution in [0.15, 0.2) is 17.2 Å². The molecule has 0 spiro atoms. The van der Waals surface area contributed by atoms with Crippen molar-refractivity contribution in [2.24, 2.45) is 10.9 Å². The molecule has 0 aromatic heterocycles. The van der Waals surface area contributed by atoms with Crippen molar-refractivity contribution in [3.8, 4) is 0 Å². The molecule has 2 N–H and O–H groups in total. The van der Waals surface area contributed by atoms with Crippen LogP contribution in [0.3, 0.4) is 0 Å². The van der Waals surface area contributed by atoms with E-state index < -0.39 is 0 Å². The van der Waals surface area contributed by atoms with E-state index in [1.807, 2.05) is 6.92 Å². The third-order valence-corrected chi connectivity index (χ3v) is 2.20. The maximum absolute atomic E-state index is 5.94. The summed E-state index contributed by atoms with van der Waals surface area (Å²) < 4.78 is 0. The minimum absolute atomic E-state index is 0.631. The average molecular weight is 203 g/mol. The van der Waals surface area contributed by atoms with Crippen molar-refractivity contribution in [3.05, 3.63) is 33.3 Å². The van der Waals surface area contributed by atoms with Gasteiger partial charge < -0.3 is 5.84 Å². The third-order valence-electron chi connectivity index (χ3n) is 1.46. The van der Waals surface area contributed by atoms with E-state index in [4.69, 9.17) is 29.0 Å². The van der Waals surface area contributed by atoms with E-state index >= 15 is 0 Å². The Hall–Kier alpha value is -0.730. The van der Waals surface area contributed by atoms with Crippen molar-refractivity contribution in [1.82, 2.24) is 0 Å². The van der Waals surface area contributed by atoms with E-state index in [0.717, 1.165) is 11.1 Å². The Morgan fingerprint density at radius 2 is 2.08 bits per heavy atom. The summed E-state index contributed by atoms with van der Waals surface area (Å²) in [4.78, 5) is 0. The van der Waals surface area contributed by atoms with Crippen LogP contribution in [0.1, 0.15) is 11.1 Å². The molecular formula is C8H8Cl2N2. The lowest BCUT2D eigenvalue weighted by molar-refractivity contribution is 1.26. The summed E-state index contributed by atoms with van der Waals surface area (Å²) in [7, 11) is 0. The number of benzene rings is 1. The summed E-state index contributed by atoms with van der Waals surface area (Å²) in [6.07, 6.45) is 1.47. The third kappa shape index (κ3) is 1.90. The van der Waals surface area contributed by atoms with Gasteiger partial charge in [-0.1, -0.05) is 23.2 Å². The molecule has 0 radical (unpaired) electrons. The van der Waals surface area contributed by atoms with Gasteiger partial charge in [0.05, 0.1) is 11.2 Å². The second-order valence-corrected chi connectivity index (χ2v) is 3.22. The number of rotatable bonds is 1. The maximum Gasteiger partial charge on any atom is 0.0553 e. The Labute approximate surface area is 81.0 Å². The largest absolute Gasteiger partial charge is 0.323 e. The first-order chi connectivity index (χ1) is 5.65. The lowest BCUT2D eigenvalue weighted by atomic mass is 10.1. The maximum atomic E-state index is 5.94. The molecule has 0 heterocycles. The molecule has 2 nitrogen and oxygen atoms in total. The highest BCUT2D eigenvalue weighted by molar-refractivity contribution is 6.35. The van der Waals surface area contributed by atoms with Crippen LogP contribution >= 0.6 is 23.2 Å². The molecule has 1 aromatic carbocycles. The molecule has 0 aliphatic rings. The van der Waals surface area contributed by atoms with Gasteiger partial charge in [0, 0.05) is 10.6 Å². The Morgan fingerprint density at radius 1 is 1.42 bits per heavy atom. The van der Waals surface area contributed by atoms with E-state index in [2.05, 4.69) is 5.10 Å². The summed E-state index contributed by atoms with van der Waals surface area (Å²) in [6.45, 7) is 1.88. The zero-order valence-corrected chi connectivity index (χ0v) is 8.02. The molecule has 0 fully saturated rings. The second kappa shape index (κ2) is 3.78. The Kier molecular flexibility index (Phi) is 2.95. The van der Waals surface area contributed by atoms with E-state index in [1.54, 1.807) is 12.1 Å². The van der Waals surface area contributed by atoms with Gasteiger partial charge in [-0.3, -0.25) is 0 Å². The van der Waals surface area contributed by atoms with Crippen molar-refractivity contribution in [2.75, 3.05) is 0 Å². The molecule has 64 valence electrons. The Bertz CT molecular complexity index is 321. The first-order valence-corrected chi connectivity index (χ1v) is 4.09. The van der Waals surface area contributed by atoms with Crippen molar-refractivity contribution in [2.45, 2.75) is 6.92 Å². The quantitative estimate of drug-likeness (QED) is 0.425. The Morgan fingerprint density at radius 3 is 2.67 bits per heavy atom. The average Bonchev–Trinajstić information content (AvgIpc) is 2.00. The topological polar surface area (TPSA) is 38.4 Å². The van der Waals surface area contributed by atoms with Gasteiger partial charge in [-0.25, -0.2) is 0 Å². The fraction of sp³-hybridized carbons (Fsp3) is 0.125. The minimum atomic E-state index is 0.631. The van der Waals surface area contributed by atoms with E-state index in [9.17, 15) is 0 Å². The molecule has 4 heteroatoms. The molecule has 0 amide bonds. The zero-order valence-electron chi connectivity index (χ0n) is 6.51. The van der Waals surface area contributed by atoms with Gasteiger partial charge in [-0.15, -0.1) is 0 Å². The summed E-state index contributed by atoms with van der Waals surface area (Å²) in [5.74, 6) is 5.00. The SMILES string of the molecule is Cc1cc(Cl)cc(C=NN)c1Cl. The predicted molar refractivity (Wildman–Crippen MR) is 53.0 cm³/mol. The first kappa shape index (κ1) is 9.36. The van der Waals surface area contributed by atoms with Gasteiger partial charge in [-0.05, 0) is 24.6 Å². The number of hydrogen-bond acceptors (Lipinski definition) is 2. The summed E-state index contributed by atoms with van der Waals surface area (Å²) in [5, 5.41) is 4.65. The lowest BCUT2D eigenvalue weighted by Crippen LogP contribution is -1.89. The van der Waals surface area contributed by atoms with Crippen molar-refractivity contribution in [3.63, 3.8) is 0 Å². The minimum Gasteiger partial charge on any atom is -0.323 e. The van der Waals surface area contributed by atoms with Gasteiger partial charge in [0.25, 0.3) is 0 Å². The van der Waals surface area contributed by atoms with Gasteiger partial charge in [0.2, 0.25) is 0 Å². The van der Waals surface area contributed by atoms with Crippen LogP contribution in [0, 0.1) is 6.92 Å². The van der Waals surface area contributed by atoms with E-state index in [0.29, 0.717) is 10.0 Å². The highest BCUT2D eigenvalue weighted by Gasteiger charge is 2.02. The molecule has 1 rings (SSSR count). The first-order valence-electron chi connectivity index (χ1n) is 3.34. The van der Waals surface area contributed by atoms with E-state index in [-0.39, 0.29) is 0 Å². The van der Waals surface area contributed by atoms with Gasteiger partial charge in [0.1, 0.15) is 0 Å². The molecule has 12 heavy (non-hydrogen) atoms. The number of hydrogen-bond donors (Lipinski definition) is 1. The lowest BCUT2D eigenvalue weighted by Gasteiger charge is -2.02. The van der Waals surface area contributed by atoms with E-state index in [1.165, 1.54) is 6.21 Å². The number of halogens is 2. The molecule has 0 saturated heterocycles. The standard InChI is InChI=1S/C8H8Cl2N2/c1-5-2-7(9)3-6(4-12-11)8(5)10/h2-4H,11H2,1H3. The number of nitrogens with two attached hydrogens (primary N) is 1. The molecule has 1 aromatic rings. The van der Waals surface area contributed by atoms with Crippen LogP contribution in [0.2, 0.25) is 10.0 Å². The molecule has 0 aliphatic carbocycles. The van der Waals surface area contributed by atoms with Crippen molar-refractivity contribution < 1.29 is 0 Å². The van der Waals surface area contributed by atoms with Crippen molar-refractivity contribution in [1.29, 1.82) is 0 Å². The monoisotopic (exact) mass is 202 g/mol. The van der Waals surface area contributed by atoms with Gasteiger partial charge in [-0.2, -0.15) is 5.10 Å². The number of nitrogens with zero attached hydrogens (tertiary/aromatic N) is 1. The van der Waals surface area contributed by atoms with Crippen LogP contribution < -0.4 is 5.84 Å². The summed E-state index contributed by atoms with van der Waals surface area (Å²) in [5.41, 5.74) is 1.66. The van der Waals surface area contributed by atoms with Crippen LogP contribution in [0.25, 0.3) is 0 Å². The number of aryl methyl sites for hydroxylation is 1. The number of hydrazone groups is 1. The highest BCUT2D eigenvalue weighted by atomic mass is 35.5. The predicted octanol–water partition coefficient (Wildman–Crippen LogP) is 2.59. The molecular weight excluding hydrogens is 195 g/mol. The summed E-state index contributed by atoms with van der Waals surface area (Å²) in [6, 6.07) is 3.50. The fourth-order valence-corrected chi connectivity index (χ4v) is 1.36. The van der Waals surface area contributed by atoms with Crippen LogP contribution in [0.5, 0.6) is 0 Å².